The van der Waals surface area contributed by atoms with E-state index >= 15 is 0 Å². The first kappa shape index (κ1) is 18.2. The van der Waals surface area contributed by atoms with Gasteiger partial charge in [0.1, 0.15) is 0 Å². The first-order chi connectivity index (χ1) is 13.1. The van der Waals surface area contributed by atoms with Crippen LogP contribution in [0.15, 0.2) is 35.7 Å². The van der Waals surface area contributed by atoms with Crippen molar-refractivity contribution in [1.82, 2.24) is 9.80 Å². The third kappa shape index (κ3) is 3.79. The topological polar surface area (TPSA) is 40.6 Å². The van der Waals surface area contributed by atoms with E-state index in [1.165, 1.54) is 16.9 Å². The van der Waals surface area contributed by atoms with Crippen molar-refractivity contribution in [3.8, 4) is 11.1 Å². The van der Waals surface area contributed by atoms with Crippen LogP contribution in [0.5, 0.6) is 0 Å². The number of amides is 2. The van der Waals surface area contributed by atoms with E-state index < -0.39 is 0 Å². The Kier molecular flexibility index (Phi) is 5.30. The van der Waals surface area contributed by atoms with E-state index in [0.29, 0.717) is 19.0 Å². The molecule has 2 aliphatic heterocycles. The van der Waals surface area contributed by atoms with Gasteiger partial charge in [0.25, 0.3) is 5.91 Å². The summed E-state index contributed by atoms with van der Waals surface area (Å²) in [6.45, 7) is 5.24. The van der Waals surface area contributed by atoms with Gasteiger partial charge < -0.3 is 9.80 Å². The Morgan fingerprint density at radius 1 is 0.926 bits per heavy atom. The SMILES string of the molecule is Cc1ccc(-c2ccsc2C(=O)N2CCC(C(=O)N3CCCC3)CC2)cc1. The maximum Gasteiger partial charge on any atom is 0.264 e. The third-order valence-corrected chi connectivity index (χ3v) is 6.67. The molecule has 0 unspecified atom stereocenters. The number of carbonyl (C=O) groups excluding carboxylic acids is 2. The Bertz CT molecular complexity index is 813. The summed E-state index contributed by atoms with van der Waals surface area (Å²) in [5.74, 6) is 0.496. The monoisotopic (exact) mass is 382 g/mol. The van der Waals surface area contributed by atoms with Gasteiger partial charge in [-0.25, -0.2) is 0 Å². The minimum Gasteiger partial charge on any atom is -0.342 e. The van der Waals surface area contributed by atoms with Crippen molar-refractivity contribution in [2.24, 2.45) is 5.92 Å². The van der Waals surface area contributed by atoms with E-state index in [0.717, 1.165) is 54.8 Å². The second kappa shape index (κ2) is 7.85. The van der Waals surface area contributed by atoms with E-state index in [9.17, 15) is 9.59 Å². The van der Waals surface area contributed by atoms with Crippen molar-refractivity contribution >= 4 is 23.2 Å². The van der Waals surface area contributed by atoms with Crippen LogP contribution in [0.4, 0.5) is 0 Å². The van der Waals surface area contributed by atoms with Crippen LogP contribution in [-0.2, 0) is 4.79 Å². The maximum absolute atomic E-state index is 13.1. The van der Waals surface area contributed by atoms with Gasteiger partial charge in [0.05, 0.1) is 4.88 Å². The Morgan fingerprint density at radius 2 is 1.59 bits per heavy atom. The second-order valence-electron chi connectivity index (χ2n) is 7.63. The summed E-state index contributed by atoms with van der Waals surface area (Å²) in [6.07, 6.45) is 3.82. The number of nitrogens with zero attached hydrogens (tertiary/aromatic N) is 2. The fourth-order valence-corrected chi connectivity index (χ4v) is 4.99. The predicted octanol–water partition coefficient (Wildman–Crippen LogP) is 4.20. The Hall–Kier alpha value is -2.14. The van der Waals surface area contributed by atoms with Gasteiger partial charge in [-0.15, -0.1) is 11.3 Å². The van der Waals surface area contributed by atoms with Crippen LogP contribution in [0.1, 0.15) is 40.9 Å². The number of carbonyl (C=O) groups is 2. The molecule has 27 heavy (non-hydrogen) atoms. The van der Waals surface area contributed by atoms with Gasteiger partial charge in [0.2, 0.25) is 5.91 Å². The molecule has 0 saturated carbocycles. The molecule has 0 radical (unpaired) electrons. The molecule has 2 aromatic rings. The highest BCUT2D eigenvalue weighted by Crippen LogP contribution is 2.31. The van der Waals surface area contributed by atoms with E-state index in [2.05, 4.69) is 31.2 Å². The lowest BCUT2D eigenvalue weighted by Gasteiger charge is -2.33. The molecule has 0 atom stereocenters. The van der Waals surface area contributed by atoms with Crippen LogP contribution in [0.3, 0.4) is 0 Å². The van der Waals surface area contributed by atoms with E-state index in [1.54, 1.807) is 0 Å². The second-order valence-corrected chi connectivity index (χ2v) is 8.54. The Labute approximate surface area is 164 Å². The maximum atomic E-state index is 13.1. The van der Waals surface area contributed by atoms with Crippen molar-refractivity contribution in [2.75, 3.05) is 26.2 Å². The van der Waals surface area contributed by atoms with Gasteiger partial charge >= 0.3 is 0 Å². The highest BCUT2D eigenvalue weighted by Gasteiger charge is 2.32. The van der Waals surface area contributed by atoms with Crippen LogP contribution in [-0.4, -0.2) is 47.8 Å². The van der Waals surface area contributed by atoms with Crippen LogP contribution >= 0.6 is 11.3 Å². The zero-order valence-electron chi connectivity index (χ0n) is 15.8. The number of thiophene rings is 1. The summed E-state index contributed by atoms with van der Waals surface area (Å²) in [5, 5.41) is 1.99. The average molecular weight is 383 g/mol. The summed E-state index contributed by atoms with van der Waals surface area (Å²) in [5.41, 5.74) is 3.32. The lowest BCUT2D eigenvalue weighted by Crippen LogP contribution is -2.43. The molecule has 0 spiro atoms. The molecule has 0 aliphatic carbocycles. The third-order valence-electron chi connectivity index (χ3n) is 5.77. The molecule has 142 valence electrons. The quantitative estimate of drug-likeness (QED) is 0.798. The number of hydrogen-bond acceptors (Lipinski definition) is 3. The fourth-order valence-electron chi connectivity index (χ4n) is 4.10. The van der Waals surface area contributed by atoms with Crippen molar-refractivity contribution in [1.29, 1.82) is 0 Å². The predicted molar refractivity (Wildman–Crippen MR) is 109 cm³/mol. The normalized spacial score (nSPS) is 18.1. The largest absolute Gasteiger partial charge is 0.342 e. The molecule has 2 fully saturated rings. The molecule has 4 rings (SSSR count). The number of hydrogen-bond donors (Lipinski definition) is 0. The van der Waals surface area contributed by atoms with Gasteiger partial charge in [-0.05, 0) is 49.6 Å². The number of piperidine rings is 1. The summed E-state index contributed by atoms with van der Waals surface area (Å²) in [4.78, 5) is 30.4. The van der Waals surface area contributed by atoms with E-state index in [4.69, 9.17) is 0 Å². The molecule has 1 aromatic carbocycles. The van der Waals surface area contributed by atoms with Gasteiger partial charge in [-0.1, -0.05) is 29.8 Å². The van der Waals surface area contributed by atoms with Crippen molar-refractivity contribution in [2.45, 2.75) is 32.6 Å². The van der Waals surface area contributed by atoms with Crippen LogP contribution in [0.2, 0.25) is 0 Å². The van der Waals surface area contributed by atoms with Crippen LogP contribution in [0.25, 0.3) is 11.1 Å². The minimum atomic E-state index is 0.0899. The molecule has 2 saturated heterocycles. The van der Waals surface area contributed by atoms with Gasteiger partial charge in [-0.3, -0.25) is 9.59 Å². The molecule has 5 heteroatoms. The summed E-state index contributed by atoms with van der Waals surface area (Å²) in [7, 11) is 0. The first-order valence-electron chi connectivity index (χ1n) is 9.86. The Morgan fingerprint density at radius 3 is 2.26 bits per heavy atom. The zero-order chi connectivity index (χ0) is 18.8. The van der Waals surface area contributed by atoms with Crippen LogP contribution in [0, 0.1) is 12.8 Å². The molecular weight excluding hydrogens is 356 g/mol. The standard InChI is InChI=1S/C22H26N2O2S/c1-16-4-6-17(7-5-16)19-10-15-27-20(19)22(26)24-13-8-18(9-14-24)21(25)23-11-2-3-12-23/h4-7,10,15,18H,2-3,8-9,11-14H2,1H3. The molecule has 0 bridgehead atoms. The molecule has 3 heterocycles. The lowest BCUT2D eigenvalue weighted by molar-refractivity contribution is -0.135. The number of rotatable bonds is 3. The van der Waals surface area contributed by atoms with Gasteiger partial charge in [-0.2, -0.15) is 0 Å². The van der Waals surface area contributed by atoms with Crippen molar-refractivity contribution in [3.05, 3.63) is 46.2 Å². The Balaban J connectivity index is 1.42. The van der Waals surface area contributed by atoms with Crippen molar-refractivity contribution in [3.63, 3.8) is 0 Å². The fraction of sp³-hybridized carbons (Fsp3) is 0.455. The molecule has 0 N–H and O–H groups in total. The highest BCUT2D eigenvalue weighted by molar-refractivity contribution is 7.12. The van der Waals surface area contributed by atoms with Gasteiger partial charge in [0.15, 0.2) is 0 Å². The molecule has 4 nitrogen and oxygen atoms in total. The first-order valence-corrected chi connectivity index (χ1v) is 10.7. The summed E-state index contributed by atoms with van der Waals surface area (Å²) >= 11 is 1.51. The number of likely N-dealkylation sites (tertiary alicyclic amines) is 2. The summed E-state index contributed by atoms with van der Waals surface area (Å²) in [6, 6.07) is 10.4. The van der Waals surface area contributed by atoms with Crippen LogP contribution < -0.4 is 0 Å². The number of benzene rings is 1. The van der Waals surface area contributed by atoms with E-state index in [-0.39, 0.29) is 11.8 Å². The number of aryl methyl sites for hydroxylation is 1. The van der Waals surface area contributed by atoms with Crippen molar-refractivity contribution < 1.29 is 9.59 Å². The average Bonchev–Trinajstić information content (AvgIpc) is 3.40. The zero-order valence-corrected chi connectivity index (χ0v) is 16.6. The minimum absolute atomic E-state index is 0.0899. The highest BCUT2D eigenvalue weighted by atomic mass is 32.1. The molecule has 1 aromatic heterocycles. The smallest absolute Gasteiger partial charge is 0.264 e. The van der Waals surface area contributed by atoms with Gasteiger partial charge in [0, 0.05) is 37.7 Å². The summed E-state index contributed by atoms with van der Waals surface area (Å²) < 4.78 is 0. The lowest BCUT2D eigenvalue weighted by atomic mass is 9.95. The molecule has 2 amide bonds. The molecule has 2 aliphatic rings. The van der Waals surface area contributed by atoms with E-state index in [1.807, 2.05) is 21.2 Å². The molecular formula is C22H26N2O2S.